The van der Waals surface area contributed by atoms with Crippen LogP contribution in [0, 0.1) is 11.8 Å². The number of imide groups is 1. The first-order valence-electron chi connectivity index (χ1n) is 6.22. The summed E-state index contributed by atoms with van der Waals surface area (Å²) in [6.07, 6.45) is 2.49. The summed E-state index contributed by atoms with van der Waals surface area (Å²) >= 11 is 1.45. The van der Waals surface area contributed by atoms with E-state index in [0.717, 1.165) is 22.6 Å². The highest BCUT2D eigenvalue weighted by Crippen LogP contribution is 2.20. The molecule has 0 bridgehead atoms. The molecule has 0 spiro atoms. The third-order valence-electron chi connectivity index (χ3n) is 2.90. The van der Waals surface area contributed by atoms with Gasteiger partial charge in [-0.2, -0.15) is 0 Å². The summed E-state index contributed by atoms with van der Waals surface area (Å²) in [5.74, 6) is 5.23. The van der Waals surface area contributed by atoms with Crippen molar-refractivity contribution in [3.63, 3.8) is 0 Å². The van der Waals surface area contributed by atoms with Crippen LogP contribution in [0.15, 0.2) is 12.1 Å². The Labute approximate surface area is 116 Å². The summed E-state index contributed by atoms with van der Waals surface area (Å²) in [4.78, 5) is 26.8. The average Bonchev–Trinajstić information content (AvgIpc) is 2.79. The number of carbonyl (C=O) groups excluding carboxylic acids is 2. The molecule has 1 aromatic rings. The van der Waals surface area contributed by atoms with Crippen molar-refractivity contribution in [1.82, 2.24) is 4.90 Å². The fraction of sp³-hybridized carbons (Fsp3) is 0.429. The Kier molecular flexibility index (Phi) is 4.72. The van der Waals surface area contributed by atoms with E-state index in [1.807, 2.05) is 12.1 Å². The van der Waals surface area contributed by atoms with Crippen LogP contribution < -0.4 is 0 Å². The van der Waals surface area contributed by atoms with E-state index in [9.17, 15) is 9.59 Å². The largest absolute Gasteiger partial charge is 0.384 e. The molecule has 2 heterocycles. The van der Waals surface area contributed by atoms with Gasteiger partial charge in [-0.3, -0.25) is 14.5 Å². The minimum atomic E-state index is -0.170. The zero-order valence-electron chi connectivity index (χ0n) is 10.5. The van der Waals surface area contributed by atoms with E-state index < -0.39 is 0 Å². The standard InChI is InChI=1S/C14H15NO3S/c16-9-3-4-11-7-8-12(19-11)10-15-13(17)5-1-2-6-14(15)18/h7-8,16H,1-2,5-6,9-10H2. The molecular weight excluding hydrogens is 262 g/mol. The van der Waals surface area contributed by atoms with E-state index in [1.165, 1.54) is 16.2 Å². The molecule has 0 aromatic carbocycles. The van der Waals surface area contributed by atoms with Gasteiger partial charge in [0.1, 0.15) is 6.61 Å². The Bertz CT molecular complexity index is 520. The van der Waals surface area contributed by atoms with Gasteiger partial charge >= 0.3 is 0 Å². The Morgan fingerprint density at radius 3 is 2.53 bits per heavy atom. The van der Waals surface area contributed by atoms with Gasteiger partial charge in [-0.25, -0.2) is 0 Å². The zero-order chi connectivity index (χ0) is 13.7. The van der Waals surface area contributed by atoms with Crippen molar-refractivity contribution < 1.29 is 14.7 Å². The Balaban J connectivity index is 2.08. The third kappa shape index (κ3) is 3.66. The highest BCUT2D eigenvalue weighted by molar-refractivity contribution is 7.12. The van der Waals surface area contributed by atoms with Crippen LogP contribution >= 0.6 is 11.3 Å². The molecule has 2 rings (SSSR count). The lowest BCUT2D eigenvalue weighted by atomic mass is 10.2. The molecular formula is C14H15NO3S. The fourth-order valence-electron chi connectivity index (χ4n) is 1.95. The molecule has 19 heavy (non-hydrogen) atoms. The summed E-state index contributed by atoms with van der Waals surface area (Å²) < 4.78 is 0. The molecule has 1 aromatic heterocycles. The lowest BCUT2D eigenvalue weighted by Gasteiger charge is -2.17. The highest BCUT2D eigenvalue weighted by Gasteiger charge is 2.24. The van der Waals surface area contributed by atoms with E-state index in [1.54, 1.807) is 0 Å². The lowest BCUT2D eigenvalue weighted by Crippen LogP contribution is -2.34. The highest BCUT2D eigenvalue weighted by atomic mass is 32.1. The number of amides is 2. The minimum Gasteiger partial charge on any atom is -0.384 e. The van der Waals surface area contributed by atoms with E-state index in [0.29, 0.717) is 19.4 Å². The van der Waals surface area contributed by atoms with Crippen LogP contribution in [-0.4, -0.2) is 28.4 Å². The van der Waals surface area contributed by atoms with Crippen molar-refractivity contribution in [2.75, 3.05) is 6.61 Å². The maximum Gasteiger partial charge on any atom is 0.229 e. The Hall–Kier alpha value is -1.64. The van der Waals surface area contributed by atoms with Crippen molar-refractivity contribution in [3.8, 4) is 11.8 Å². The summed E-state index contributed by atoms with van der Waals surface area (Å²) in [7, 11) is 0. The number of likely N-dealkylation sites (tertiary alicyclic amines) is 1. The Morgan fingerprint density at radius 2 is 1.89 bits per heavy atom. The van der Waals surface area contributed by atoms with Gasteiger partial charge in [-0.1, -0.05) is 11.8 Å². The number of aliphatic hydroxyl groups is 1. The van der Waals surface area contributed by atoms with Crippen molar-refractivity contribution >= 4 is 23.2 Å². The second-order valence-electron chi connectivity index (χ2n) is 4.31. The maximum absolute atomic E-state index is 11.9. The summed E-state index contributed by atoms with van der Waals surface area (Å²) in [6, 6.07) is 3.72. The number of aliphatic hydroxyl groups excluding tert-OH is 1. The molecule has 100 valence electrons. The van der Waals surface area contributed by atoms with Crippen LogP contribution in [0.25, 0.3) is 0 Å². The monoisotopic (exact) mass is 277 g/mol. The van der Waals surface area contributed by atoms with Crippen LogP contribution in [0.1, 0.15) is 35.4 Å². The van der Waals surface area contributed by atoms with Crippen LogP contribution in [0.5, 0.6) is 0 Å². The van der Waals surface area contributed by atoms with Gasteiger partial charge in [0.15, 0.2) is 0 Å². The molecule has 5 heteroatoms. The molecule has 0 atom stereocenters. The van der Waals surface area contributed by atoms with Crippen LogP contribution in [-0.2, 0) is 16.1 Å². The molecule has 1 aliphatic heterocycles. The number of hydrogen-bond donors (Lipinski definition) is 1. The molecule has 1 aliphatic rings. The van der Waals surface area contributed by atoms with Crippen molar-refractivity contribution in [3.05, 3.63) is 21.9 Å². The van der Waals surface area contributed by atoms with Crippen molar-refractivity contribution in [2.24, 2.45) is 0 Å². The molecule has 0 radical (unpaired) electrons. The van der Waals surface area contributed by atoms with Gasteiger partial charge in [-0.05, 0) is 25.0 Å². The van der Waals surface area contributed by atoms with Crippen molar-refractivity contribution in [2.45, 2.75) is 32.2 Å². The molecule has 0 aliphatic carbocycles. The Morgan fingerprint density at radius 1 is 1.21 bits per heavy atom. The smallest absolute Gasteiger partial charge is 0.229 e. The number of rotatable bonds is 2. The van der Waals surface area contributed by atoms with Gasteiger partial charge in [0.2, 0.25) is 11.8 Å². The normalized spacial score (nSPS) is 15.9. The average molecular weight is 277 g/mol. The van der Waals surface area contributed by atoms with Gasteiger partial charge in [-0.15, -0.1) is 11.3 Å². The molecule has 0 saturated carbocycles. The fourth-order valence-corrected chi connectivity index (χ4v) is 2.82. The number of nitrogens with zero attached hydrogens (tertiary/aromatic N) is 1. The maximum atomic E-state index is 11.9. The third-order valence-corrected chi connectivity index (χ3v) is 3.89. The first kappa shape index (κ1) is 13.8. The van der Waals surface area contributed by atoms with E-state index in [2.05, 4.69) is 11.8 Å². The second kappa shape index (κ2) is 6.50. The quantitative estimate of drug-likeness (QED) is 0.658. The van der Waals surface area contributed by atoms with Gasteiger partial charge in [0, 0.05) is 17.7 Å². The predicted molar refractivity (Wildman–Crippen MR) is 72.3 cm³/mol. The second-order valence-corrected chi connectivity index (χ2v) is 5.47. The van der Waals surface area contributed by atoms with E-state index in [-0.39, 0.29) is 18.4 Å². The molecule has 0 unspecified atom stereocenters. The first-order chi connectivity index (χ1) is 9.20. The van der Waals surface area contributed by atoms with Gasteiger partial charge < -0.3 is 5.11 Å². The minimum absolute atomic E-state index is 0.0844. The predicted octanol–water partition coefficient (Wildman–Crippen LogP) is 1.52. The topological polar surface area (TPSA) is 57.6 Å². The molecule has 2 amide bonds. The van der Waals surface area contributed by atoms with Gasteiger partial charge in [0.05, 0.1) is 11.4 Å². The van der Waals surface area contributed by atoms with Crippen LogP contribution in [0.3, 0.4) is 0 Å². The zero-order valence-corrected chi connectivity index (χ0v) is 11.3. The SMILES string of the molecule is O=C1CCCCC(=O)N1Cc1ccc(C#CCO)s1. The van der Waals surface area contributed by atoms with Crippen LogP contribution in [0.4, 0.5) is 0 Å². The first-order valence-corrected chi connectivity index (χ1v) is 7.04. The summed E-state index contributed by atoms with van der Waals surface area (Å²) in [6.45, 7) is 0.166. The van der Waals surface area contributed by atoms with Crippen molar-refractivity contribution in [1.29, 1.82) is 0 Å². The number of hydrogen-bond acceptors (Lipinski definition) is 4. The summed E-state index contributed by atoms with van der Waals surface area (Å²) in [5, 5.41) is 8.63. The number of thiophene rings is 1. The molecule has 1 saturated heterocycles. The summed E-state index contributed by atoms with van der Waals surface area (Å²) in [5.41, 5.74) is 0. The van der Waals surface area contributed by atoms with Gasteiger partial charge in [0.25, 0.3) is 0 Å². The molecule has 1 fully saturated rings. The lowest BCUT2D eigenvalue weighted by molar-refractivity contribution is -0.144. The van der Waals surface area contributed by atoms with E-state index >= 15 is 0 Å². The molecule has 1 N–H and O–H groups in total. The van der Waals surface area contributed by atoms with E-state index in [4.69, 9.17) is 5.11 Å². The molecule has 4 nitrogen and oxygen atoms in total. The van der Waals surface area contributed by atoms with Crippen LogP contribution in [0.2, 0.25) is 0 Å². The number of carbonyl (C=O) groups is 2.